The maximum absolute atomic E-state index is 13.8. The first-order valence-electron chi connectivity index (χ1n) is 5.97. The Kier molecular flexibility index (Phi) is 5.14. The Bertz CT molecular complexity index is 371. The monoisotopic (exact) mass is 301 g/mol. The van der Waals surface area contributed by atoms with Gasteiger partial charge in [0.1, 0.15) is 5.82 Å². The molecule has 1 aromatic carbocycles. The van der Waals surface area contributed by atoms with E-state index in [1.807, 2.05) is 12.1 Å². The lowest BCUT2D eigenvalue weighted by Crippen LogP contribution is -2.39. The molecule has 96 valence electrons. The minimum Gasteiger partial charge on any atom is -0.312 e. The van der Waals surface area contributed by atoms with E-state index in [1.54, 1.807) is 6.07 Å². The van der Waals surface area contributed by atoms with Gasteiger partial charge in [-0.2, -0.15) is 0 Å². The lowest BCUT2D eigenvalue weighted by Gasteiger charge is -2.23. The molecular formula is C14H21BrFN. The molecule has 1 aromatic rings. The average Bonchev–Trinajstić information content (AvgIpc) is 2.21. The minimum atomic E-state index is -0.130. The first kappa shape index (κ1) is 14.7. The molecule has 0 amide bonds. The molecule has 1 N–H and O–H groups in total. The highest BCUT2D eigenvalue weighted by atomic mass is 79.9. The summed E-state index contributed by atoms with van der Waals surface area (Å²) in [6.07, 6.45) is 0.758. The van der Waals surface area contributed by atoms with Crippen molar-refractivity contribution in [1.82, 2.24) is 5.32 Å². The molecule has 17 heavy (non-hydrogen) atoms. The highest BCUT2D eigenvalue weighted by molar-refractivity contribution is 9.10. The standard InChI is InChI=1S/C14H21BrFN/c1-10(9-17-14(2,3)4)8-11-6-5-7-12(15)13(11)16/h5-7,10,17H,8-9H2,1-4H3. The molecule has 0 saturated heterocycles. The molecule has 1 unspecified atom stereocenters. The van der Waals surface area contributed by atoms with Crippen molar-refractivity contribution in [2.24, 2.45) is 5.92 Å². The molecule has 0 aliphatic rings. The first-order valence-corrected chi connectivity index (χ1v) is 6.77. The topological polar surface area (TPSA) is 12.0 Å². The van der Waals surface area contributed by atoms with E-state index in [0.29, 0.717) is 10.4 Å². The zero-order valence-electron chi connectivity index (χ0n) is 11.0. The predicted octanol–water partition coefficient (Wildman–Crippen LogP) is 4.15. The number of hydrogen-bond donors (Lipinski definition) is 1. The van der Waals surface area contributed by atoms with Crippen LogP contribution in [0, 0.1) is 11.7 Å². The van der Waals surface area contributed by atoms with Gasteiger partial charge in [-0.15, -0.1) is 0 Å². The second-order valence-electron chi connectivity index (χ2n) is 5.65. The van der Waals surface area contributed by atoms with Gasteiger partial charge in [-0.3, -0.25) is 0 Å². The maximum Gasteiger partial charge on any atom is 0.140 e. The summed E-state index contributed by atoms with van der Waals surface area (Å²) in [6.45, 7) is 9.45. The minimum absolute atomic E-state index is 0.115. The highest BCUT2D eigenvalue weighted by Gasteiger charge is 2.13. The van der Waals surface area contributed by atoms with E-state index in [0.717, 1.165) is 18.5 Å². The fourth-order valence-corrected chi connectivity index (χ4v) is 2.04. The third-order valence-electron chi connectivity index (χ3n) is 2.58. The van der Waals surface area contributed by atoms with Gasteiger partial charge in [0.2, 0.25) is 0 Å². The van der Waals surface area contributed by atoms with Crippen LogP contribution in [0.15, 0.2) is 22.7 Å². The zero-order chi connectivity index (χ0) is 13.1. The van der Waals surface area contributed by atoms with E-state index < -0.39 is 0 Å². The van der Waals surface area contributed by atoms with Crippen molar-refractivity contribution in [3.05, 3.63) is 34.1 Å². The van der Waals surface area contributed by atoms with E-state index in [-0.39, 0.29) is 11.4 Å². The number of rotatable bonds is 4. The number of halogens is 2. The Balaban J connectivity index is 2.56. The van der Waals surface area contributed by atoms with Crippen LogP contribution in [0.5, 0.6) is 0 Å². The summed E-state index contributed by atoms with van der Waals surface area (Å²) in [5.41, 5.74) is 0.895. The van der Waals surface area contributed by atoms with Crippen molar-refractivity contribution in [3.63, 3.8) is 0 Å². The van der Waals surface area contributed by atoms with E-state index in [2.05, 4.69) is 48.9 Å². The average molecular weight is 302 g/mol. The van der Waals surface area contributed by atoms with Crippen molar-refractivity contribution in [2.75, 3.05) is 6.54 Å². The van der Waals surface area contributed by atoms with Gasteiger partial charge in [-0.25, -0.2) is 4.39 Å². The largest absolute Gasteiger partial charge is 0.312 e. The molecule has 1 rings (SSSR count). The van der Waals surface area contributed by atoms with Gasteiger partial charge in [0.25, 0.3) is 0 Å². The normalized spacial score (nSPS) is 13.8. The third-order valence-corrected chi connectivity index (χ3v) is 3.19. The summed E-state index contributed by atoms with van der Waals surface area (Å²) >= 11 is 3.22. The van der Waals surface area contributed by atoms with E-state index in [9.17, 15) is 4.39 Å². The summed E-state index contributed by atoms with van der Waals surface area (Å²) < 4.78 is 14.3. The van der Waals surface area contributed by atoms with Crippen LogP contribution in [0.3, 0.4) is 0 Å². The van der Waals surface area contributed by atoms with Crippen LogP contribution in [0.1, 0.15) is 33.3 Å². The van der Waals surface area contributed by atoms with Crippen LogP contribution in [0.2, 0.25) is 0 Å². The smallest absolute Gasteiger partial charge is 0.140 e. The fraction of sp³-hybridized carbons (Fsp3) is 0.571. The van der Waals surface area contributed by atoms with Gasteiger partial charge in [0.15, 0.2) is 0 Å². The second kappa shape index (κ2) is 5.96. The van der Waals surface area contributed by atoms with Gasteiger partial charge in [0, 0.05) is 5.54 Å². The molecule has 0 spiro atoms. The fourth-order valence-electron chi connectivity index (χ4n) is 1.63. The molecule has 0 aromatic heterocycles. The molecule has 0 saturated carbocycles. The summed E-state index contributed by atoms with van der Waals surface area (Å²) in [5, 5.41) is 3.44. The lowest BCUT2D eigenvalue weighted by atomic mass is 9.99. The number of nitrogens with one attached hydrogen (secondary N) is 1. The van der Waals surface area contributed by atoms with E-state index >= 15 is 0 Å². The Morgan fingerprint density at radius 2 is 2.00 bits per heavy atom. The molecule has 0 radical (unpaired) electrons. The van der Waals surface area contributed by atoms with Crippen molar-refractivity contribution in [2.45, 2.75) is 39.7 Å². The lowest BCUT2D eigenvalue weighted by molar-refractivity contribution is 0.379. The van der Waals surface area contributed by atoms with Gasteiger partial charge in [-0.05, 0) is 67.2 Å². The van der Waals surface area contributed by atoms with E-state index in [1.165, 1.54) is 0 Å². The van der Waals surface area contributed by atoms with Crippen molar-refractivity contribution >= 4 is 15.9 Å². The van der Waals surface area contributed by atoms with Crippen molar-refractivity contribution < 1.29 is 4.39 Å². The third kappa shape index (κ3) is 5.17. The summed E-state index contributed by atoms with van der Waals surface area (Å²) in [6, 6.07) is 5.47. The second-order valence-corrected chi connectivity index (χ2v) is 6.51. The van der Waals surface area contributed by atoms with Gasteiger partial charge >= 0.3 is 0 Å². The van der Waals surface area contributed by atoms with Crippen LogP contribution < -0.4 is 5.32 Å². The molecule has 0 fully saturated rings. The Labute approximate surface area is 112 Å². The molecular weight excluding hydrogens is 281 g/mol. The molecule has 0 aliphatic carbocycles. The van der Waals surface area contributed by atoms with E-state index in [4.69, 9.17) is 0 Å². The first-order chi connectivity index (χ1) is 7.79. The van der Waals surface area contributed by atoms with Crippen LogP contribution in [0.4, 0.5) is 4.39 Å². The SMILES string of the molecule is CC(CNC(C)(C)C)Cc1cccc(Br)c1F. The Morgan fingerprint density at radius 1 is 1.35 bits per heavy atom. The van der Waals surface area contributed by atoms with Gasteiger partial charge in [-0.1, -0.05) is 19.1 Å². The van der Waals surface area contributed by atoms with Gasteiger partial charge < -0.3 is 5.32 Å². The summed E-state index contributed by atoms with van der Waals surface area (Å²) in [5.74, 6) is 0.285. The maximum atomic E-state index is 13.8. The highest BCUT2D eigenvalue weighted by Crippen LogP contribution is 2.21. The molecule has 1 atom stereocenters. The quantitative estimate of drug-likeness (QED) is 0.881. The number of hydrogen-bond acceptors (Lipinski definition) is 1. The van der Waals surface area contributed by atoms with Crippen LogP contribution >= 0.6 is 15.9 Å². The molecule has 0 bridgehead atoms. The van der Waals surface area contributed by atoms with Crippen LogP contribution in [0.25, 0.3) is 0 Å². The van der Waals surface area contributed by atoms with Crippen LogP contribution in [-0.2, 0) is 6.42 Å². The Morgan fingerprint density at radius 3 is 2.59 bits per heavy atom. The predicted molar refractivity (Wildman–Crippen MR) is 74.7 cm³/mol. The molecule has 3 heteroatoms. The molecule has 0 heterocycles. The van der Waals surface area contributed by atoms with Crippen molar-refractivity contribution in [1.29, 1.82) is 0 Å². The zero-order valence-corrected chi connectivity index (χ0v) is 12.6. The molecule has 0 aliphatic heterocycles. The summed E-state index contributed by atoms with van der Waals surface area (Å²) in [4.78, 5) is 0. The number of benzene rings is 1. The Hall–Kier alpha value is -0.410. The molecule has 1 nitrogen and oxygen atoms in total. The van der Waals surface area contributed by atoms with Gasteiger partial charge in [0.05, 0.1) is 4.47 Å². The van der Waals surface area contributed by atoms with Crippen LogP contribution in [-0.4, -0.2) is 12.1 Å². The van der Waals surface area contributed by atoms with Crippen molar-refractivity contribution in [3.8, 4) is 0 Å². The summed E-state index contributed by atoms with van der Waals surface area (Å²) in [7, 11) is 0.